The summed E-state index contributed by atoms with van der Waals surface area (Å²) in [6.07, 6.45) is 7.33. The Kier molecular flexibility index (Phi) is 4.81. The minimum Gasteiger partial charge on any atom is -0.211 e. The molecule has 1 N–H and O–H groups in total. The van der Waals surface area contributed by atoms with E-state index in [0.29, 0.717) is 21.8 Å². The van der Waals surface area contributed by atoms with Gasteiger partial charge >= 0.3 is 0 Å². The lowest BCUT2D eigenvalue weighted by molar-refractivity contribution is 0.468. The molecular weight excluding hydrogens is 326 g/mol. The van der Waals surface area contributed by atoms with Crippen LogP contribution in [-0.2, 0) is 10.0 Å². The van der Waals surface area contributed by atoms with Crippen LogP contribution in [0.3, 0.4) is 0 Å². The molecule has 104 valence electrons. The summed E-state index contributed by atoms with van der Waals surface area (Å²) in [5, 5.41) is 0. The standard InChI is InChI=1S/C14H18BrNO2S/c1-11-7-8-14(13(15)9-11)19(17,18)16-10-12-5-3-2-4-6-12/h2-3,7-9,12,16H,4-6,10H2,1H3. The molecule has 0 heterocycles. The smallest absolute Gasteiger partial charge is 0.211 e. The second kappa shape index (κ2) is 6.20. The summed E-state index contributed by atoms with van der Waals surface area (Å²) in [5.41, 5.74) is 1.03. The molecule has 0 radical (unpaired) electrons. The van der Waals surface area contributed by atoms with Gasteiger partial charge in [0.1, 0.15) is 0 Å². The highest BCUT2D eigenvalue weighted by atomic mass is 79.9. The molecule has 0 amide bonds. The van der Waals surface area contributed by atoms with Crippen LogP contribution in [0, 0.1) is 12.8 Å². The normalized spacial score (nSPS) is 19.6. The van der Waals surface area contributed by atoms with Crippen LogP contribution in [0.4, 0.5) is 0 Å². The van der Waals surface area contributed by atoms with E-state index < -0.39 is 10.0 Å². The number of rotatable bonds is 4. The van der Waals surface area contributed by atoms with E-state index in [0.717, 1.165) is 24.8 Å². The van der Waals surface area contributed by atoms with E-state index in [1.165, 1.54) is 0 Å². The first-order valence-electron chi connectivity index (χ1n) is 6.40. The fourth-order valence-electron chi connectivity index (χ4n) is 2.17. The highest BCUT2D eigenvalue weighted by Crippen LogP contribution is 2.24. The highest BCUT2D eigenvalue weighted by molar-refractivity contribution is 9.10. The number of hydrogen-bond acceptors (Lipinski definition) is 2. The lowest BCUT2D eigenvalue weighted by Crippen LogP contribution is -2.30. The van der Waals surface area contributed by atoms with Gasteiger partial charge in [-0.15, -0.1) is 0 Å². The largest absolute Gasteiger partial charge is 0.241 e. The van der Waals surface area contributed by atoms with E-state index >= 15 is 0 Å². The SMILES string of the molecule is Cc1ccc(S(=O)(=O)NCC2CC=CCC2)c(Br)c1. The van der Waals surface area contributed by atoms with Gasteiger partial charge in [0.05, 0.1) is 4.90 Å². The van der Waals surface area contributed by atoms with Gasteiger partial charge in [0, 0.05) is 11.0 Å². The Morgan fingerprint density at radius 2 is 2.16 bits per heavy atom. The number of allylic oxidation sites excluding steroid dienone is 2. The Morgan fingerprint density at radius 3 is 2.79 bits per heavy atom. The maximum atomic E-state index is 12.2. The summed E-state index contributed by atoms with van der Waals surface area (Å²) in [6.45, 7) is 2.44. The van der Waals surface area contributed by atoms with Crippen molar-refractivity contribution in [1.82, 2.24) is 4.72 Å². The predicted molar refractivity (Wildman–Crippen MR) is 80.5 cm³/mol. The van der Waals surface area contributed by atoms with Gasteiger partial charge in [0.15, 0.2) is 0 Å². The fourth-order valence-corrected chi connectivity index (χ4v) is 4.48. The van der Waals surface area contributed by atoms with Gasteiger partial charge in [-0.25, -0.2) is 13.1 Å². The second-order valence-corrected chi connectivity index (χ2v) is 7.53. The molecule has 0 aliphatic heterocycles. The van der Waals surface area contributed by atoms with Crippen LogP contribution < -0.4 is 4.72 Å². The minimum absolute atomic E-state index is 0.310. The zero-order valence-electron chi connectivity index (χ0n) is 10.9. The molecule has 1 aliphatic carbocycles. The number of sulfonamides is 1. The summed E-state index contributed by atoms with van der Waals surface area (Å²) < 4.78 is 27.8. The molecule has 1 aromatic carbocycles. The molecule has 3 nitrogen and oxygen atoms in total. The summed E-state index contributed by atoms with van der Waals surface area (Å²) in [6, 6.07) is 5.27. The summed E-state index contributed by atoms with van der Waals surface area (Å²) in [7, 11) is -3.43. The Morgan fingerprint density at radius 1 is 1.37 bits per heavy atom. The number of halogens is 1. The van der Waals surface area contributed by atoms with Crippen LogP contribution in [0.15, 0.2) is 39.7 Å². The molecule has 2 rings (SSSR count). The van der Waals surface area contributed by atoms with Gasteiger partial charge in [-0.2, -0.15) is 0 Å². The number of benzene rings is 1. The topological polar surface area (TPSA) is 46.2 Å². The quantitative estimate of drug-likeness (QED) is 0.851. The van der Waals surface area contributed by atoms with Gasteiger partial charge < -0.3 is 0 Å². The molecule has 0 aromatic heterocycles. The zero-order valence-corrected chi connectivity index (χ0v) is 13.3. The number of nitrogens with one attached hydrogen (secondary N) is 1. The Balaban J connectivity index is 2.07. The van der Waals surface area contributed by atoms with Crippen molar-refractivity contribution in [3.05, 3.63) is 40.4 Å². The van der Waals surface area contributed by atoms with Gasteiger partial charge in [-0.1, -0.05) is 18.2 Å². The number of hydrogen-bond donors (Lipinski definition) is 1. The lowest BCUT2D eigenvalue weighted by Gasteiger charge is -2.18. The van der Waals surface area contributed by atoms with Crippen molar-refractivity contribution in [3.63, 3.8) is 0 Å². The van der Waals surface area contributed by atoms with E-state index in [2.05, 4.69) is 32.8 Å². The van der Waals surface area contributed by atoms with Crippen molar-refractivity contribution in [2.75, 3.05) is 6.54 Å². The molecule has 0 saturated heterocycles. The third-order valence-electron chi connectivity index (χ3n) is 3.32. The highest BCUT2D eigenvalue weighted by Gasteiger charge is 2.19. The Bertz CT molecular complexity index is 581. The van der Waals surface area contributed by atoms with Crippen molar-refractivity contribution in [2.24, 2.45) is 5.92 Å². The van der Waals surface area contributed by atoms with Crippen molar-refractivity contribution < 1.29 is 8.42 Å². The molecule has 0 bridgehead atoms. The first-order valence-corrected chi connectivity index (χ1v) is 8.67. The van der Waals surface area contributed by atoms with Crippen LogP contribution in [0.1, 0.15) is 24.8 Å². The van der Waals surface area contributed by atoms with Crippen molar-refractivity contribution in [2.45, 2.75) is 31.1 Å². The maximum Gasteiger partial charge on any atom is 0.241 e. The van der Waals surface area contributed by atoms with Crippen LogP contribution in [-0.4, -0.2) is 15.0 Å². The molecular formula is C14H18BrNO2S. The van der Waals surface area contributed by atoms with Crippen molar-refractivity contribution >= 4 is 26.0 Å². The third kappa shape index (κ3) is 3.91. The van der Waals surface area contributed by atoms with Crippen molar-refractivity contribution in [3.8, 4) is 0 Å². The van der Waals surface area contributed by atoms with Crippen LogP contribution in [0.25, 0.3) is 0 Å². The Hall–Kier alpha value is -0.650. The zero-order chi connectivity index (χ0) is 13.9. The lowest BCUT2D eigenvalue weighted by atomic mass is 9.95. The average Bonchev–Trinajstić information content (AvgIpc) is 2.37. The first kappa shape index (κ1) is 14.8. The molecule has 0 saturated carbocycles. The Labute approximate surface area is 123 Å². The van der Waals surface area contributed by atoms with Crippen molar-refractivity contribution in [1.29, 1.82) is 0 Å². The summed E-state index contributed by atoms with van der Waals surface area (Å²) >= 11 is 3.32. The average molecular weight is 344 g/mol. The molecule has 0 fully saturated rings. The van der Waals surface area contributed by atoms with E-state index in [1.54, 1.807) is 6.07 Å². The monoisotopic (exact) mass is 343 g/mol. The molecule has 1 aromatic rings. The van der Waals surface area contributed by atoms with E-state index in [9.17, 15) is 8.42 Å². The summed E-state index contributed by atoms with van der Waals surface area (Å²) in [4.78, 5) is 0.310. The van der Waals surface area contributed by atoms with Gasteiger partial charge in [0.2, 0.25) is 10.0 Å². The van der Waals surface area contributed by atoms with Crippen LogP contribution in [0.5, 0.6) is 0 Å². The van der Waals surface area contributed by atoms with E-state index in [-0.39, 0.29) is 0 Å². The fraction of sp³-hybridized carbons (Fsp3) is 0.429. The molecule has 1 aliphatic rings. The molecule has 1 atom stereocenters. The minimum atomic E-state index is -3.43. The van der Waals surface area contributed by atoms with E-state index in [4.69, 9.17) is 0 Å². The molecule has 0 spiro atoms. The van der Waals surface area contributed by atoms with Gasteiger partial charge in [-0.3, -0.25) is 0 Å². The first-order chi connectivity index (χ1) is 8.99. The summed E-state index contributed by atoms with van der Waals surface area (Å²) in [5.74, 6) is 0.406. The predicted octanol–water partition coefficient (Wildman–Crippen LogP) is 3.39. The van der Waals surface area contributed by atoms with Gasteiger partial charge in [-0.05, 0) is 65.7 Å². The number of aryl methyl sites for hydroxylation is 1. The third-order valence-corrected chi connectivity index (χ3v) is 5.72. The van der Waals surface area contributed by atoms with Crippen LogP contribution in [0.2, 0.25) is 0 Å². The molecule has 19 heavy (non-hydrogen) atoms. The van der Waals surface area contributed by atoms with Crippen LogP contribution >= 0.6 is 15.9 Å². The second-order valence-electron chi connectivity index (χ2n) is 4.94. The maximum absolute atomic E-state index is 12.2. The van der Waals surface area contributed by atoms with E-state index in [1.807, 2.05) is 19.1 Å². The van der Waals surface area contributed by atoms with Gasteiger partial charge in [0.25, 0.3) is 0 Å². The molecule has 5 heteroatoms. The molecule has 1 unspecified atom stereocenters.